The zero-order valence-electron chi connectivity index (χ0n) is 13.2. The summed E-state index contributed by atoms with van der Waals surface area (Å²) in [5.74, 6) is 2.26. The van der Waals surface area contributed by atoms with Crippen LogP contribution in [0.5, 0.6) is 0 Å². The monoisotopic (exact) mass is 309 g/mol. The van der Waals surface area contributed by atoms with Crippen LogP contribution in [0.15, 0.2) is 0 Å². The first-order valence-electron chi connectivity index (χ1n) is 7.34. The second-order valence-corrected chi connectivity index (χ2v) is 6.82. The lowest BCUT2D eigenvalue weighted by Crippen LogP contribution is -2.38. The molecule has 1 atom stereocenters. The molecule has 0 saturated carbocycles. The van der Waals surface area contributed by atoms with Gasteiger partial charge < -0.3 is 4.90 Å². The third-order valence-corrected chi connectivity index (χ3v) is 4.87. The third-order valence-electron chi connectivity index (χ3n) is 3.93. The molecule has 1 aromatic heterocycles. The van der Waals surface area contributed by atoms with Gasteiger partial charge in [0.25, 0.3) is 0 Å². The molecule has 2 rings (SSSR count). The van der Waals surface area contributed by atoms with Gasteiger partial charge in [0, 0.05) is 36.7 Å². The van der Waals surface area contributed by atoms with E-state index in [1.807, 2.05) is 42.1 Å². The Bertz CT molecular complexity index is 547. The summed E-state index contributed by atoms with van der Waals surface area (Å²) in [7, 11) is 0. The van der Waals surface area contributed by atoms with Crippen LogP contribution in [-0.2, 0) is 4.79 Å². The third kappa shape index (κ3) is 3.48. The summed E-state index contributed by atoms with van der Waals surface area (Å²) in [6.45, 7) is 8.96. The molecule has 0 aliphatic carbocycles. The van der Waals surface area contributed by atoms with Crippen molar-refractivity contribution in [2.45, 2.75) is 40.2 Å². The predicted molar refractivity (Wildman–Crippen MR) is 84.9 cm³/mol. The number of hydrogen-bond donors (Lipinski definition) is 0. The molecule has 1 saturated heterocycles. The highest BCUT2D eigenvalue weighted by molar-refractivity contribution is 7.99. The van der Waals surface area contributed by atoms with Gasteiger partial charge in [0.1, 0.15) is 0 Å². The van der Waals surface area contributed by atoms with Crippen molar-refractivity contribution >= 4 is 23.5 Å². The van der Waals surface area contributed by atoms with Crippen LogP contribution in [0, 0.1) is 13.8 Å². The van der Waals surface area contributed by atoms with Gasteiger partial charge in [-0.15, -0.1) is 0 Å². The Morgan fingerprint density at radius 2 is 1.90 bits per heavy atom. The van der Waals surface area contributed by atoms with Crippen LogP contribution in [0.3, 0.4) is 0 Å². The number of hydrogen-bond acceptors (Lipinski definition) is 4. The fourth-order valence-electron chi connectivity index (χ4n) is 2.88. The minimum Gasteiger partial charge on any atom is -0.341 e. The number of carbonyl (C=O) groups is 2. The lowest BCUT2D eigenvalue weighted by atomic mass is 10.1. The molecule has 1 aromatic rings. The molecule has 0 radical (unpaired) electrons. The van der Waals surface area contributed by atoms with Crippen LogP contribution in [-0.4, -0.2) is 51.0 Å². The van der Waals surface area contributed by atoms with E-state index in [0.29, 0.717) is 12.0 Å². The van der Waals surface area contributed by atoms with Crippen LogP contribution >= 0.6 is 11.8 Å². The molecule has 1 aliphatic rings. The number of aromatic nitrogens is 2. The first-order valence-corrected chi connectivity index (χ1v) is 8.49. The minimum absolute atomic E-state index is 0.0288. The average Bonchev–Trinajstić information content (AvgIpc) is 2.75. The molecule has 21 heavy (non-hydrogen) atoms. The molecule has 1 aliphatic heterocycles. The summed E-state index contributed by atoms with van der Waals surface area (Å²) in [5.41, 5.74) is 2.28. The Hall–Kier alpha value is -1.30. The molecule has 1 amide bonds. The Morgan fingerprint density at radius 1 is 1.29 bits per heavy atom. The number of amides is 1. The maximum Gasteiger partial charge on any atom is 0.224 e. The summed E-state index contributed by atoms with van der Waals surface area (Å²) in [4.78, 5) is 25.9. The molecule has 0 N–H and O–H groups in total. The van der Waals surface area contributed by atoms with E-state index in [2.05, 4.69) is 5.10 Å². The first-order chi connectivity index (χ1) is 9.91. The standard InChI is InChI=1S/C15H23N3O2S/c1-10(9-14(20)17-5-7-21-8-6-17)18-12(3)15(13(4)19)11(2)16-18/h10H,5-9H2,1-4H3. The highest BCUT2D eigenvalue weighted by Gasteiger charge is 2.23. The molecule has 6 heteroatoms. The lowest BCUT2D eigenvalue weighted by molar-refractivity contribution is -0.131. The van der Waals surface area contributed by atoms with E-state index >= 15 is 0 Å². The zero-order valence-corrected chi connectivity index (χ0v) is 14.0. The molecule has 0 spiro atoms. The topological polar surface area (TPSA) is 55.2 Å². The average molecular weight is 309 g/mol. The molecule has 116 valence electrons. The van der Waals surface area contributed by atoms with E-state index in [9.17, 15) is 9.59 Å². The number of thioether (sulfide) groups is 1. The Labute approximate surface area is 130 Å². The maximum absolute atomic E-state index is 12.3. The van der Waals surface area contributed by atoms with Gasteiger partial charge in [-0.3, -0.25) is 14.3 Å². The van der Waals surface area contributed by atoms with E-state index in [1.54, 1.807) is 6.92 Å². The van der Waals surface area contributed by atoms with Gasteiger partial charge in [-0.05, 0) is 27.7 Å². The zero-order chi connectivity index (χ0) is 15.6. The van der Waals surface area contributed by atoms with Gasteiger partial charge in [-0.2, -0.15) is 16.9 Å². The molecule has 2 heterocycles. The predicted octanol–water partition coefficient (Wildman–Crippen LogP) is 2.23. The Balaban J connectivity index is 2.09. The van der Waals surface area contributed by atoms with Crippen LogP contribution in [0.25, 0.3) is 0 Å². The first kappa shape index (κ1) is 16.1. The second-order valence-electron chi connectivity index (χ2n) is 5.59. The quantitative estimate of drug-likeness (QED) is 0.800. The van der Waals surface area contributed by atoms with E-state index in [1.165, 1.54) is 0 Å². The molecule has 5 nitrogen and oxygen atoms in total. The molecular weight excluding hydrogens is 286 g/mol. The molecule has 1 unspecified atom stereocenters. The molecule has 0 bridgehead atoms. The van der Waals surface area contributed by atoms with Gasteiger partial charge in [0.2, 0.25) is 5.91 Å². The minimum atomic E-state index is -0.0288. The number of Topliss-reactive ketones (excluding diaryl/α,β-unsaturated/α-hetero) is 1. The van der Waals surface area contributed by atoms with E-state index in [-0.39, 0.29) is 17.7 Å². The van der Waals surface area contributed by atoms with Crippen molar-refractivity contribution in [3.8, 4) is 0 Å². The molecular formula is C15H23N3O2S. The van der Waals surface area contributed by atoms with E-state index in [0.717, 1.165) is 36.0 Å². The Morgan fingerprint density at radius 3 is 2.43 bits per heavy atom. The summed E-state index contributed by atoms with van der Waals surface area (Å²) < 4.78 is 1.82. The number of aryl methyl sites for hydroxylation is 1. The summed E-state index contributed by atoms with van der Waals surface area (Å²) in [5, 5.41) is 4.45. The van der Waals surface area contributed by atoms with Crippen molar-refractivity contribution in [3.05, 3.63) is 17.0 Å². The fraction of sp³-hybridized carbons (Fsp3) is 0.667. The van der Waals surface area contributed by atoms with Gasteiger partial charge in [-0.1, -0.05) is 0 Å². The molecule has 0 aromatic carbocycles. The van der Waals surface area contributed by atoms with Crippen LogP contribution in [0.1, 0.15) is 48.1 Å². The normalized spacial score (nSPS) is 16.9. The summed E-state index contributed by atoms with van der Waals surface area (Å²) in [6, 6.07) is -0.0288. The largest absolute Gasteiger partial charge is 0.341 e. The van der Waals surface area contributed by atoms with Gasteiger partial charge in [-0.25, -0.2) is 0 Å². The second kappa shape index (κ2) is 6.64. The van der Waals surface area contributed by atoms with Crippen molar-refractivity contribution in [1.82, 2.24) is 14.7 Å². The highest BCUT2D eigenvalue weighted by Crippen LogP contribution is 2.21. The van der Waals surface area contributed by atoms with Crippen LogP contribution in [0.2, 0.25) is 0 Å². The summed E-state index contributed by atoms with van der Waals surface area (Å²) in [6.07, 6.45) is 0.434. The smallest absolute Gasteiger partial charge is 0.224 e. The van der Waals surface area contributed by atoms with Crippen molar-refractivity contribution in [1.29, 1.82) is 0 Å². The number of nitrogens with zero attached hydrogens (tertiary/aromatic N) is 3. The Kier molecular flexibility index (Phi) is 5.08. The molecule has 1 fully saturated rings. The van der Waals surface area contributed by atoms with Crippen LogP contribution < -0.4 is 0 Å². The number of rotatable bonds is 4. The SMILES string of the molecule is CC(=O)c1c(C)nn(C(C)CC(=O)N2CCSCC2)c1C. The fourth-order valence-corrected chi connectivity index (χ4v) is 3.79. The maximum atomic E-state index is 12.3. The van der Waals surface area contributed by atoms with Crippen molar-refractivity contribution in [2.24, 2.45) is 0 Å². The van der Waals surface area contributed by atoms with E-state index < -0.39 is 0 Å². The van der Waals surface area contributed by atoms with Gasteiger partial charge in [0.05, 0.1) is 17.3 Å². The van der Waals surface area contributed by atoms with Crippen molar-refractivity contribution < 1.29 is 9.59 Å². The number of ketones is 1. The van der Waals surface area contributed by atoms with Gasteiger partial charge >= 0.3 is 0 Å². The highest BCUT2D eigenvalue weighted by atomic mass is 32.2. The van der Waals surface area contributed by atoms with E-state index in [4.69, 9.17) is 0 Å². The van der Waals surface area contributed by atoms with Crippen LogP contribution in [0.4, 0.5) is 0 Å². The number of carbonyl (C=O) groups excluding carboxylic acids is 2. The van der Waals surface area contributed by atoms with Gasteiger partial charge in [0.15, 0.2) is 5.78 Å². The van der Waals surface area contributed by atoms with Crippen molar-refractivity contribution in [3.63, 3.8) is 0 Å². The van der Waals surface area contributed by atoms with Crippen molar-refractivity contribution in [2.75, 3.05) is 24.6 Å². The lowest BCUT2D eigenvalue weighted by Gasteiger charge is -2.27. The summed E-state index contributed by atoms with van der Waals surface area (Å²) >= 11 is 1.89.